The van der Waals surface area contributed by atoms with Crippen LogP contribution < -0.4 is 0 Å². The first-order valence-corrected chi connectivity index (χ1v) is 14.5. The highest BCUT2D eigenvalue weighted by molar-refractivity contribution is 6.13. The molecule has 0 amide bonds. The van der Waals surface area contributed by atoms with Gasteiger partial charge >= 0.3 is 0 Å². The molecule has 0 aliphatic carbocycles. The van der Waals surface area contributed by atoms with Crippen molar-refractivity contribution in [2.75, 3.05) is 0 Å². The van der Waals surface area contributed by atoms with Gasteiger partial charge in [-0.1, -0.05) is 42.5 Å². The van der Waals surface area contributed by atoms with Crippen molar-refractivity contribution in [2.45, 2.75) is 0 Å². The van der Waals surface area contributed by atoms with E-state index in [1.165, 1.54) is 0 Å². The number of fused-ring (bicyclic) bond motifs is 6. The van der Waals surface area contributed by atoms with E-state index in [9.17, 15) is 21.0 Å². The highest BCUT2D eigenvalue weighted by Crippen LogP contribution is 2.40. The Hall–Kier alpha value is -7.12. The monoisotopic (exact) mass is 585 g/mol. The second-order valence-corrected chi connectivity index (χ2v) is 11.0. The Morgan fingerprint density at radius 2 is 0.935 bits per heavy atom. The van der Waals surface area contributed by atoms with Gasteiger partial charge in [0.2, 0.25) is 0 Å². The van der Waals surface area contributed by atoms with Gasteiger partial charge in [0, 0.05) is 38.4 Å². The van der Waals surface area contributed by atoms with Crippen LogP contribution in [0.1, 0.15) is 22.3 Å². The Kier molecular flexibility index (Phi) is 5.91. The average molecular weight is 586 g/mol. The molecular weight excluding hydrogens is 566 g/mol. The number of hydrogen-bond acceptors (Lipinski definition) is 5. The summed E-state index contributed by atoms with van der Waals surface area (Å²) in [5.41, 5.74) is 8.73. The summed E-state index contributed by atoms with van der Waals surface area (Å²) in [4.78, 5) is 0. The lowest BCUT2D eigenvalue weighted by Crippen LogP contribution is -1.94. The molecule has 0 aliphatic heterocycles. The molecule has 0 atom stereocenters. The quantitative estimate of drug-likeness (QED) is 0.205. The molecule has 0 bridgehead atoms. The molecule has 2 heterocycles. The van der Waals surface area contributed by atoms with E-state index in [0.717, 1.165) is 60.6 Å². The first-order chi connectivity index (χ1) is 22.6. The molecule has 8 aromatic rings. The number of furan rings is 1. The molecule has 0 fully saturated rings. The molecule has 6 heteroatoms. The number of aromatic nitrogens is 1. The van der Waals surface area contributed by atoms with E-state index >= 15 is 0 Å². The third-order valence-electron chi connectivity index (χ3n) is 8.57. The van der Waals surface area contributed by atoms with E-state index in [4.69, 9.17) is 4.42 Å². The number of rotatable bonds is 3. The summed E-state index contributed by atoms with van der Waals surface area (Å²) in [5.74, 6) is 0. The highest BCUT2D eigenvalue weighted by atomic mass is 16.3. The number of nitrogens with zero attached hydrogens (tertiary/aromatic N) is 5. The molecule has 6 aromatic carbocycles. The number of hydrogen-bond donors (Lipinski definition) is 0. The normalized spacial score (nSPS) is 11.0. The molecule has 6 nitrogen and oxygen atoms in total. The van der Waals surface area contributed by atoms with Crippen molar-refractivity contribution in [3.63, 3.8) is 0 Å². The molecule has 46 heavy (non-hydrogen) atoms. The predicted octanol–water partition coefficient (Wildman–Crippen LogP) is 9.50. The molecule has 0 aliphatic rings. The predicted molar refractivity (Wildman–Crippen MR) is 178 cm³/mol. The molecule has 2 aromatic heterocycles. The van der Waals surface area contributed by atoms with Gasteiger partial charge in [-0.05, 0) is 83.9 Å². The molecule has 0 radical (unpaired) electrons. The van der Waals surface area contributed by atoms with Gasteiger partial charge in [-0.3, -0.25) is 0 Å². The molecular formula is C40H19N5O. The SMILES string of the molecule is N#Cc1cccc(C#N)c1-c1ccc2c(c1)c1cc(-c3c(C#N)cccc3C#N)ccc1n2-c1ccc2oc3ccccc3c2c1. The molecule has 8 rings (SSSR count). The fourth-order valence-electron chi connectivity index (χ4n) is 6.56. The van der Waals surface area contributed by atoms with Crippen molar-refractivity contribution in [3.05, 3.63) is 138 Å². The van der Waals surface area contributed by atoms with Crippen molar-refractivity contribution in [1.29, 1.82) is 21.0 Å². The fourth-order valence-corrected chi connectivity index (χ4v) is 6.56. The van der Waals surface area contributed by atoms with Gasteiger partial charge in [-0.15, -0.1) is 0 Å². The van der Waals surface area contributed by atoms with Crippen LogP contribution in [0.4, 0.5) is 0 Å². The van der Waals surface area contributed by atoms with Crippen LogP contribution in [0.5, 0.6) is 0 Å². The lowest BCUT2D eigenvalue weighted by molar-refractivity contribution is 0.669. The Morgan fingerprint density at radius 1 is 0.435 bits per heavy atom. The van der Waals surface area contributed by atoms with E-state index in [1.54, 1.807) is 36.4 Å². The van der Waals surface area contributed by atoms with Gasteiger partial charge in [-0.25, -0.2) is 0 Å². The van der Waals surface area contributed by atoms with Crippen LogP contribution in [0.15, 0.2) is 120 Å². The van der Waals surface area contributed by atoms with Crippen molar-refractivity contribution < 1.29 is 4.42 Å². The second kappa shape index (κ2) is 10.3. The zero-order valence-corrected chi connectivity index (χ0v) is 24.1. The van der Waals surface area contributed by atoms with Crippen molar-refractivity contribution >= 4 is 43.7 Å². The Bertz CT molecular complexity index is 2560. The minimum Gasteiger partial charge on any atom is -0.456 e. The van der Waals surface area contributed by atoms with E-state index < -0.39 is 0 Å². The minimum atomic E-state index is 0.418. The third kappa shape index (κ3) is 3.86. The lowest BCUT2D eigenvalue weighted by atomic mass is 9.93. The number of benzene rings is 6. The van der Waals surface area contributed by atoms with Crippen molar-refractivity contribution in [1.82, 2.24) is 4.57 Å². The minimum absolute atomic E-state index is 0.418. The van der Waals surface area contributed by atoms with Gasteiger partial charge in [0.25, 0.3) is 0 Å². The van der Waals surface area contributed by atoms with Crippen LogP contribution in [0.2, 0.25) is 0 Å². The molecule has 0 saturated carbocycles. The summed E-state index contributed by atoms with van der Waals surface area (Å²) >= 11 is 0. The topological polar surface area (TPSA) is 113 Å². The average Bonchev–Trinajstić information content (AvgIpc) is 3.65. The van der Waals surface area contributed by atoms with Crippen LogP contribution in [0, 0.1) is 45.3 Å². The molecule has 0 spiro atoms. The Labute approximate surface area is 263 Å². The van der Waals surface area contributed by atoms with Gasteiger partial charge in [-0.2, -0.15) is 21.0 Å². The summed E-state index contributed by atoms with van der Waals surface area (Å²) in [7, 11) is 0. The molecule has 0 saturated heterocycles. The summed E-state index contributed by atoms with van der Waals surface area (Å²) in [6, 6.07) is 45.3. The lowest BCUT2D eigenvalue weighted by Gasteiger charge is -2.10. The summed E-state index contributed by atoms with van der Waals surface area (Å²) in [5, 5.41) is 43.5. The van der Waals surface area contributed by atoms with E-state index in [0.29, 0.717) is 33.4 Å². The zero-order chi connectivity index (χ0) is 31.4. The first kappa shape index (κ1) is 26.5. The fraction of sp³-hybridized carbons (Fsp3) is 0. The Balaban J connectivity index is 1.47. The zero-order valence-electron chi connectivity index (χ0n) is 24.1. The van der Waals surface area contributed by atoms with E-state index in [2.05, 4.69) is 34.9 Å². The van der Waals surface area contributed by atoms with Crippen molar-refractivity contribution in [2.24, 2.45) is 0 Å². The molecule has 0 N–H and O–H groups in total. The summed E-state index contributed by atoms with van der Waals surface area (Å²) in [6.45, 7) is 0. The van der Waals surface area contributed by atoms with Gasteiger partial charge in [0.15, 0.2) is 0 Å². The smallest absolute Gasteiger partial charge is 0.135 e. The largest absolute Gasteiger partial charge is 0.456 e. The summed E-state index contributed by atoms with van der Waals surface area (Å²) < 4.78 is 8.28. The van der Waals surface area contributed by atoms with Crippen molar-refractivity contribution in [3.8, 4) is 52.2 Å². The van der Waals surface area contributed by atoms with Crippen LogP contribution >= 0.6 is 0 Å². The standard InChI is InChI=1S/C40H19N5O/c41-20-26-5-3-6-27(21-42)39(26)24-11-14-35-32(17-24)33-18-25(40-28(22-43)7-4-8-29(40)23-44)12-15-36(33)45(35)30-13-16-38-34(19-30)31-9-1-2-10-37(31)46-38/h1-19H. The van der Waals surface area contributed by atoms with Crippen LogP contribution in [0.25, 0.3) is 71.7 Å². The molecule has 0 unspecified atom stereocenters. The summed E-state index contributed by atoms with van der Waals surface area (Å²) in [6.07, 6.45) is 0. The van der Waals surface area contributed by atoms with E-state index in [-0.39, 0.29) is 0 Å². The third-order valence-corrected chi connectivity index (χ3v) is 8.57. The Morgan fingerprint density at radius 3 is 1.46 bits per heavy atom. The van der Waals surface area contributed by atoms with Crippen LogP contribution in [-0.4, -0.2) is 4.57 Å². The first-order valence-electron chi connectivity index (χ1n) is 14.5. The highest BCUT2D eigenvalue weighted by Gasteiger charge is 2.19. The van der Waals surface area contributed by atoms with Crippen LogP contribution in [-0.2, 0) is 0 Å². The number of nitriles is 4. The van der Waals surface area contributed by atoms with Gasteiger partial charge in [0.05, 0.1) is 57.6 Å². The van der Waals surface area contributed by atoms with E-state index in [1.807, 2.05) is 72.8 Å². The second-order valence-electron chi connectivity index (χ2n) is 11.0. The molecule has 210 valence electrons. The van der Waals surface area contributed by atoms with Gasteiger partial charge < -0.3 is 8.98 Å². The maximum Gasteiger partial charge on any atom is 0.135 e. The van der Waals surface area contributed by atoms with Crippen LogP contribution in [0.3, 0.4) is 0 Å². The maximum absolute atomic E-state index is 9.92. The number of para-hydroxylation sites is 1. The van der Waals surface area contributed by atoms with Gasteiger partial charge in [0.1, 0.15) is 11.2 Å². The maximum atomic E-state index is 9.92.